The number of likely N-dealkylation sites (tertiary alicyclic amines) is 1. The number of amides is 1. The van der Waals surface area contributed by atoms with Gasteiger partial charge >= 0.3 is 6.09 Å². The summed E-state index contributed by atoms with van der Waals surface area (Å²) in [7, 11) is 0.0728. The minimum Gasteiger partial charge on any atom is -0.444 e. The average Bonchev–Trinajstić information content (AvgIpc) is 3.15. The summed E-state index contributed by atoms with van der Waals surface area (Å²) in [6, 6.07) is 8.09. The first-order valence-electron chi connectivity index (χ1n) is 12.2. The van der Waals surface area contributed by atoms with Gasteiger partial charge in [0.15, 0.2) is 0 Å². The van der Waals surface area contributed by atoms with Crippen LogP contribution in [0.4, 0.5) is 4.79 Å². The van der Waals surface area contributed by atoms with Crippen molar-refractivity contribution in [1.82, 2.24) is 9.62 Å². The van der Waals surface area contributed by atoms with E-state index in [-0.39, 0.29) is 5.92 Å². The molecule has 1 aromatic carbocycles. The van der Waals surface area contributed by atoms with Crippen LogP contribution < -0.4 is 4.72 Å². The second-order valence-electron chi connectivity index (χ2n) is 10.4. The summed E-state index contributed by atoms with van der Waals surface area (Å²) in [6.45, 7) is 13.3. The van der Waals surface area contributed by atoms with E-state index in [1.54, 1.807) is 27.9 Å². The number of hydrogen-bond acceptors (Lipinski definition) is 5. The van der Waals surface area contributed by atoms with Crippen molar-refractivity contribution in [2.24, 2.45) is 5.92 Å². The Balaban J connectivity index is 2.62. The molecule has 35 heavy (non-hydrogen) atoms. The Morgan fingerprint density at radius 3 is 2.43 bits per heavy atom. The fourth-order valence-electron chi connectivity index (χ4n) is 4.73. The number of ether oxygens (including phenoxy) is 2. The number of rotatable bonds is 9. The topological polar surface area (TPSA) is 91.7 Å². The maximum Gasteiger partial charge on any atom is 0.411 e. The van der Waals surface area contributed by atoms with E-state index >= 15 is 0 Å². The van der Waals surface area contributed by atoms with E-state index in [1.807, 2.05) is 57.2 Å². The van der Waals surface area contributed by atoms with Gasteiger partial charge in [-0.1, -0.05) is 43.2 Å². The van der Waals surface area contributed by atoms with Crippen LogP contribution in [-0.2, 0) is 20.5 Å². The Morgan fingerprint density at radius 2 is 1.94 bits per heavy atom. The lowest BCUT2D eigenvalue weighted by Gasteiger charge is -2.44. The third-order valence-electron chi connectivity index (χ3n) is 6.47. The maximum atomic E-state index is 13.5. The zero-order chi connectivity index (χ0) is 26.4. The highest BCUT2D eigenvalue weighted by Crippen LogP contribution is 2.39. The molecule has 1 N–H and O–H groups in total. The van der Waals surface area contributed by atoms with Gasteiger partial charge in [-0.05, 0) is 66.5 Å². The number of aryl methyl sites for hydroxylation is 1. The molecule has 194 valence electrons. The van der Waals surface area contributed by atoms with Gasteiger partial charge in [0.1, 0.15) is 22.6 Å². The van der Waals surface area contributed by atoms with E-state index in [0.717, 1.165) is 12.0 Å². The first-order chi connectivity index (χ1) is 16.4. The van der Waals surface area contributed by atoms with Crippen LogP contribution in [0.3, 0.4) is 0 Å². The number of allylic oxidation sites excluding steroid dienone is 1. The maximum absolute atomic E-state index is 13.5. The lowest BCUT2D eigenvalue weighted by molar-refractivity contribution is -0.0540. The zero-order valence-corrected chi connectivity index (χ0v) is 23.1. The second-order valence-corrected chi connectivity index (χ2v) is 11.6. The molecule has 0 radical (unpaired) electrons. The Bertz CT molecular complexity index is 951. The highest BCUT2D eigenvalue weighted by atomic mass is 32.2. The molecule has 0 bridgehead atoms. The fraction of sp³-hybridized carbons (Fsp3) is 0.630. The average molecular weight is 504 g/mol. The van der Waals surface area contributed by atoms with Crippen molar-refractivity contribution in [2.45, 2.75) is 102 Å². The van der Waals surface area contributed by atoms with Gasteiger partial charge in [-0.3, -0.25) is 4.90 Å². The summed E-state index contributed by atoms with van der Waals surface area (Å²) in [4.78, 5) is 15.6. The predicted octanol–water partition coefficient (Wildman–Crippen LogP) is 5.27. The van der Waals surface area contributed by atoms with E-state index < -0.39 is 46.4 Å². The molecule has 1 fully saturated rings. The third-order valence-corrected chi connectivity index (χ3v) is 7.63. The molecule has 1 heterocycles. The lowest BCUT2D eigenvalue weighted by Crippen LogP contribution is -2.63. The van der Waals surface area contributed by atoms with Crippen molar-refractivity contribution in [3.8, 4) is 6.07 Å². The van der Waals surface area contributed by atoms with E-state index in [1.165, 1.54) is 4.90 Å². The molecule has 1 aliphatic heterocycles. The Kier molecular flexibility index (Phi) is 10.1. The van der Waals surface area contributed by atoms with Gasteiger partial charge in [0.2, 0.25) is 0 Å². The molecule has 1 aromatic rings. The van der Waals surface area contributed by atoms with Crippen LogP contribution in [0.1, 0.15) is 66.4 Å². The zero-order valence-electron chi connectivity index (χ0n) is 22.3. The minimum atomic E-state index is -1.56. The predicted molar refractivity (Wildman–Crippen MR) is 139 cm³/mol. The van der Waals surface area contributed by atoms with Crippen molar-refractivity contribution >= 4 is 17.1 Å². The molecule has 0 spiro atoms. The van der Waals surface area contributed by atoms with Crippen LogP contribution in [0.2, 0.25) is 0 Å². The van der Waals surface area contributed by atoms with E-state index in [2.05, 4.69) is 17.7 Å². The van der Waals surface area contributed by atoms with E-state index in [4.69, 9.17) is 9.47 Å². The molecular weight excluding hydrogens is 462 g/mol. The number of benzene rings is 1. The van der Waals surface area contributed by atoms with Gasteiger partial charge in [0.25, 0.3) is 0 Å². The lowest BCUT2D eigenvalue weighted by atomic mass is 9.81. The molecule has 0 aliphatic carbocycles. The fourth-order valence-corrected chi connectivity index (χ4v) is 5.87. The summed E-state index contributed by atoms with van der Waals surface area (Å²) < 4.78 is 28.6. The molecule has 1 saturated heterocycles. The van der Waals surface area contributed by atoms with Crippen molar-refractivity contribution in [2.75, 3.05) is 7.11 Å². The molecule has 0 aromatic heterocycles. The van der Waals surface area contributed by atoms with Crippen molar-refractivity contribution in [3.05, 3.63) is 42.0 Å². The SMILES string of the molecule is C/C=C\[C@@H]1C[C@H](C#N)N(C(=O)OC(C)(C)C)[C@H]1[C@@H](NS(=O)c1ccc(C)cc1)[C@](C)(CCC)OC. The molecule has 2 rings (SSSR count). The van der Waals surface area contributed by atoms with Gasteiger partial charge in [-0.15, -0.1) is 0 Å². The van der Waals surface area contributed by atoms with Gasteiger partial charge < -0.3 is 9.47 Å². The Hall–Kier alpha value is -2.21. The molecule has 1 aliphatic rings. The smallest absolute Gasteiger partial charge is 0.411 e. The number of nitriles is 1. The van der Waals surface area contributed by atoms with E-state index in [0.29, 0.717) is 17.7 Å². The number of nitrogens with zero attached hydrogens (tertiary/aromatic N) is 2. The summed E-state index contributed by atoms with van der Waals surface area (Å²) in [5.74, 6) is -0.143. The summed E-state index contributed by atoms with van der Waals surface area (Å²) in [5, 5.41) is 9.98. The standard InChI is InChI=1S/C27H41N3O4S/c1-9-11-20-17-21(18-28)30(25(31)34-26(4,5)6)23(20)24(27(7,33-8)16-10-2)29-35(32)22-14-12-19(3)13-15-22/h9,11-15,20-21,23-24,29H,10,16-17H2,1-8H3/b11-9-/t20-,21-,23-,24-,27+,35?/m1/s1. The first kappa shape index (κ1) is 29.0. The van der Waals surface area contributed by atoms with Crippen LogP contribution in [0.15, 0.2) is 41.3 Å². The molecule has 0 saturated carbocycles. The molecule has 8 heteroatoms. The van der Waals surface area contributed by atoms with E-state index in [9.17, 15) is 14.3 Å². The highest BCUT2D eigenvalue weighted by molar-refractivity contribution is 7.83. The molecule has 7 nitrogen and oxygen atoms in total. The number of nitrogens with one attached hydrogen (secondary N) is 1. The van der Waals surface area contributed by atoms with Crippen LogP contribution in [0.25, 0.3) is 0 Å². The number of carbonyl (C=O) groups excluding carboxylic acids is 1. The molecular formula is C27H41N3O4S. The van der Waals surface area contributed by atoms with Crippen LogP contribution in [0, 0.1) is 24.2 Å². The van der Waals surface area contributed by atoms with Crippen LogP contribution in [0.5, 0.6) is 0 Å². The van der Waals surface area contributed by atoms with Gasteiger partial charge in [0.05, 0.1) is 28.6 Å². The highest BCUT2D eigenvalue weighted by Gasteiger charge is 2.53. The quantitative estimate of drug-likeness (QED) is 0.463. The number of carbonyl (C=O) groups is 1. The number of methoxy groups -OCH3 is 1. The molecule has 1 amide bonds. The van der Waals surface area contributed by atoms with Crippen LogP contribution in [-0.4, -0.2) is 51.6 Å². The van der Waals surface area contributed by atoms with Crippen LogP contribution >= 0.6 is 0 Å². The first-order valence-corrected chi connectivity index (χ1v) is 13.4. The second kappa shape index (κ2) is 12.2. The summed E-state index contributed by atoms with van der Waals surface area (Å²) >= 11 is 0. The molecule has 1 unspecified atom stereocenters. The summed E-state index contributed by atoms with van der Waals surface area (Å²) in [6.07, 6.45) is 5.36. The summed E-state index contributed by atoms with van der Waals surface area (Å²) in [5.41, 5.74) is -0.404. The minimum absolute atomic E-state index is 0.143. The van der Waals surface area contributed by atoms with Crippen molar-refractivity contribution < 1.29 is 18.5 Å². The van der Waals surface area contributed by atoms with Gasteiger partial charge in [-0.25, -0.2) is 13.7 Å². The monoisotopic (exact) mass is 503 g/mol. The van der Waals surface area contributed by atoms with Crippen molar-refractivity contribution in [1.29, 1.82) is 5.26 Å². The Morgan fingerprint density at radius 1 is 1.31 bits per heavy atom. The van der Waals surface area contributed by atoms with Gasteiger partial charge in [-0.2, -0.15) is 5.26 Å². The largest absolute Gasteiger partial charge is 0.444 e. The molecule has 6 atom stereocenters. The normalized spacial score (nSPS) is 24.1. The van der Waals surface area contributed by atoms with Gasteiger partial charge in [0, 0.05) is 13.0 Å². The third kappa shape index (κ3) is 7.16. The van der Waals surface area contributed by atoms with Crippen molar-refractivity contribution in [3.63, 3.8) is 0 Å². The number of hydrogen-bond donors (Lipinski definition) is 1. The Labute approximate surface area is 213 Å².